The minimum Gasteiger partial charge on any atom is -0.0789 e. The van der Waals surface area contributed by atoms with Gasteiger partial charge in [-0.3, -0.25) is 0 Å². The highest BCUT2D eigenvalue weighted by Gasteiger charge is 1.93. The Morgan fingerprint density at radius 3 is 2.56 bits per heavy atom. The molecule has 0 N–H and O–H groups in total. The van der Waals surface area contributed by atoms with E-state index in [-0.39, 0.29) is 0 Å². The van der Waals surface area contributed by atoms with Crippen LogP contribution in [0.25, 0.3) is 0 Å². The first-order valence-electron chi connectivity index (χ1n) is 2.63. The number of rotatable bonds is 0. The van der Waals surface area contributed by atoms with Crippen LogP contribution in [0.3, 0.4) is 0 Å². The highest BCUT2D eigenvalue weighted by molar-refractivity contribution is 9.10. The molecule has 0 unspecified atom stereocenters. The van der Waals surface area contributed by atoms with Crippen molar-refractivity contribution in [1.29, 1.82) is 0 Å². The summed E-state index contributed by atoms with van der Waals surface area (Å²) < 4.78 is 1.01. The van der Waals surface area contributed by atoms with E-state index in [1.54, 1.807) is 0 Å². The highest BCUT2D eigenvalue weighted by Crippen LogP contribution is 2.20. The Labute approximate surface area is 68.8 Å². The minimum atomic E-state index is 0.876. The van der Waals surface area contributed by atoms with Crippen molar-refractivity contribution in [2.75, 3.05) is 0 Å². The van der Waals surface area contributed by atoms with Crippen LogP contribution in [-0.2, 0) is 0 Å². The lowest BCUT2D eigenvalue weighted by molar-refractivity contribution is 1.35. The molecule has 0 heterocycles. The molecule has 9 heavy (non-hydrogen) atoms. The van der Waals surface area contributed by atoms with Crippen LogP contribution >= 0.6 is 28.6 Å². The Balaban J connectivity index is 3.17. The van der Waals surface area contributed by atoms with Gasteiger partial charge in [-0.25, -0.2) is 0 Å². The Bertz CT molecular complexity index is 220. The molecule has 0 bridgehead atoms. The van der Waals surface area contributed by atoms with Crippen LogP contribution in [0.1, 0.15) is 5.56 Å². The summed E-state index contributed by atoms with van der Waals surface area (Å²) >= 11 is 8.31. The van der Waals surface area contributed by atoms with Crippen LogP contribution in [-0.4, -0.2) is 0 Å². The average molecular weight is 202 g/mol. The van der Waals surface area contributed by atoms with Gasteiger partial charge in [0.15, 0.2) is 0 Å². The molecule has 0 aromatic heterocycles. The van der Waals surface area contributed by atoms with E-state index in [2.05, 4.69) is 15.9 Å². The third-order valence-electron chi connectivity index (χ3n) is 1.09. The van der Waals surface area contributed by atoms with Crippen molar-refractivity contribution < 1.29 is 0 Å². The fraction of sp³-hybridized carbons (Fsp3) is 0.143. The van der Waals surface area contributed by atoms with Gasteiger partial charge in [0.1, 0.15) is 0 Å². The number of aryl methyl sites for hydroxylation is 1. The van der Waals surface area contributed by atoms with Gasteiger partial charge in [-0.15, -0.1) is 0 Å². The molecule has 0 spiro atoms. The SMILES string of the molecule is Cc1ccc([S])c(Br)c1. The zero-order chi connectivity index (χ0) is 6.85. The van der Waals surface area contributed by atoms with E-state index < -0.39 is 0 Å². The lowest BCUT2D eigenvalue weighted by Gasteiger charge is -1.94. The number of hydrogen-bond acceptors (Lipinski definition) is 0. The van der Waals surface area contributed by atoms with Crippen molar-refractivity contribution in [3.05, 3.63) is 28.2 Å². The van der Waals surface area contributed by atoms with E-state index in [9.17, 15) is 0 Å². The summed E-state index contributed by atoms with van der Waals surface area (Å²) in [5, 5.41) is 0. The average Bonchev–Trinajstić information content (AvgIpc) is 1.80. The van der Waals surface area contributed by atoms with Crippen molar-refractivity contribution in [2.24, 2.45) is 0 Å². The summed E-state index contributed by atoms with van der Waals surface area (Å²) in [6.07, 6.45) is 0. The number of halogens is 1. The number of hydrogen-bond donors (Lipinski definition) is 0. The molecule has 0 fully saturated rings. The van der Waals surface area contributed by atoms with E-state index in [0.29, 0.717) is 0 Å². The third kappa shape index (κ3) is 1.66. The van der Waals surface area contributed by atoms with E-state index >= 15 is 0 Å². The molecular weight excluding hydrogens is 196 g/mol. The van der Waals surface area contributed by atoms with Gasteiger partial charge in [0.2, 0.25) is 0 Å². The predicted molar refractivity (Wildman–Crippen MR) is 44.7 cm³/mol. The summed E-state index contributed by atoms with van der Waals surface area (Å²) in [6.45, 7) is 2.04. The van der Waals surface area contributed by atoms with Crippen molar-refractivity contribution in [2.45, 2.75) is 11.8 Å². The van der Waals surface area contributed by atoms with Crippen LogP contribution in [0, 0.1) is 6.92 Å². The van der Waals surface area contributed by atoms with Crippen molar-refractivity contribution in [3.63, 3.8) is 0 Å². The third-order valence-corrected chi connectivity index (χ3v) is 2.36. The summed E-state index contributed by atoms with van der Waals surface area (Å²) in [4.78, 5) is 0.876. The molecule has 0 aliphatic rings. The zero-order valence-corrected chi connectivity index (χ0v) is 7.42. The quantitative estimate of drug-likeness (QED) is 0.605. The standard InChI is InChI=1S/C7H6BrS/c1-5-2-3-7(9)6(8)4-5/h2-4H,1H3. The van der Waals surface area contributed by atoms with E-state index in [1.807, 2.05) is 25.1 Å². The molecular formula is C7H6BrS. The first kappa shape index (κ1) is 7.03. The summed E-state index contributed by atoms with van der Waals surface area (Å²) in [7, 11) is 0. The van der Waals surface area contributed by atoms with Gasteiger partial charge in [0.25, 0.3) is 0 Å². The maximum atomic E-state index is 4.97. The lowest BCUT2D eigenvalue weighted by Crippen LogP contribution is -1.72. The van der Waals surface area contributed by atoms with Gasteiger partial charge in [-0.05, 0) is 40.5 Å². The topological polar surface area (TPSA) is 0 Å². The van der Waals surface area contributed by atoms with E-state index in [4.69, 9.17) is 12.6 Å². The molecule has 0 atom stereocenters. The summed E-state index contributed by atoms with van der Waals surface area (Å²) in [5.74, 6) is 0. The van der Waals surface area contributed by atoms with E-state index in [0.717, 1.165) is 9.37 Å². The molecule has 1 aromatic carbocycles. The molecule has 1 rings (SSSR count). The second-order valence-corrected chi connectivity index (χ2v) is 3.23. The second-order valence-electron chi connectivity index (χ2n) is 1.93. The molecule has 0 aliphatic carbocycles. The Hall–Kier alpha value is -0.0800. The van der Waals surface area contributed by atoms with Gasteiger partial charge >= 0.3 is 0 Å². The maximum absolute atomic E-state index is 4.97. The maximum Gasteiger partial charge on any atom is 0.0519 e. The normalized spacial score (nSPS) is 9.56. The van der Waals surface area contributed by atoms with Gasteiger partial charge in [-0.2, -0.15) is 0 Å². The number of benzene rings is 1. The van der Waals surface area contributed by atoms with Crippen LogP contribution < -0.4 is 0 Å². The molecule has 0 amide bonds. The first-order chi connectivity index (χ1) is 4.20. The molecule has 47 valence electrons. The van der Waals surface area contributed by atoms with Crippen molar-refractivity contribution in [3.8, 4) is 0 Å². The largest absolute Gasteiger partial charge is 0.0789 e. The van der Waals surface area contributed by atoms with E-state index in [1.165, 1.54) is 5.56 Å². The Morgan fingerprint density at radius 2 is 2.11 bits per heavy atom. The summed E-state index contributed by atoms with van der Waals surface area (Å²) in [6, 6.07) is 5.95. The van der Waals surface area contributed by atoms with Gasteiger partial charge in [-0.1, -0.05) is 18.7 Å². The van der Waals surface area contributed by atoms with Crippen molar-refractivity contribution in [1.82, 2.24) is 0 Å². The monoisotopic (exact) mass is 201 g/mol. The smallest absolute Gasteiger partial charge is 0.0519 e. The van der Waals surface area contributed by atoms with Crippen LogP contribution in [0.15, 0.2) is 27.6 Å². The van der Waals surface area contributed by atoms with Crippen molar-refractivity contribution >= 4 is 28.6 Å². The molecule has 0 aliphatic heterocycles. The van der Waals surface area contributed by atoms with Gasteiger partial charge in [0.05, 0.1) is 4.90 Å². The Kier molecular flexibility index (Phi) is 2.09. The first-order valence-corrected chi connectivity index (χ1v) is 3.83. The van der Waals surface area contributed by atoms with Crippen LogP contribution in [0.4, 0.5) is 0 Å². The minimum absolute atomic E-state index is 0.876. The molecule has 0 saturated carbocycles. The Morgan fingerprint density at radius 1 is 1.44 bits per heavy atom. The zero-order valence-electron chi connectivity index (χ0n) is 5.02. The van der Waals surface area contributed by atoms with Gasteiger partial charge in [0, 0.05) is 4.47 Å². The molecule has 0 saturated heterocycles. The molecule has 1 radical (unpaired) electrons. The van der Waals surface area contributed by atoms with Crippen LogP contribution in [0.5, 0.6) is 0 Å². The molecule has 0 nitrogen and oxygen atoms in total. The summed E-state index contributed by atoms with van der Waals surface area (Å²) in [5.41, 5.74) is 1.23. The van der Waals surface area contributed by atoms with Gasteiger partial charge < -0.3 is 0 Å². The fourth-order valence-electron chi connectivity index (χ4n) is 0.606. The molecule has 2 heteroatoms. The lowest BCUT2D eigenvalue weighted by atomic mass is 10.2. The highest BCUT2D eigenvalue weighted by atomic mass is 79.9. The predicted octanol–water partition coefficient (Wildman–Crippen LogP) is 3.31. The fourth-order valence-corrected chi connectivity index (χ4v) is 1.23. The van der Waals surface area contributed by atoms with Crippen LogP contribution in [0.2, 0.25) is 0 Å². The molecule has 1 aromatic rings. The second kappa shape index (κ2) is 2.67.